The molecule has 2 bridgehead atoms. The van der Waals surface area contributed by atoms with Crippen LogP contribution in [0.25, 0.3) is 0 Å². The van der Waals surface area contributed by atoms with Crippen molar-refractivity contribution in [2.45, 2.75) is 69.8 Å². The summed E-state index contributed by atoms with van der Waals surface area (Å²) in [5, 5.41) is 9.52. The largest absolute Gasteiger partial charge is 0.534 e. The van der Waals surface area contributed by atoms with E-state index in [1.807, 2.05) is 25.7 Å². The lowest BCUT2D eigenvalue weighted by atomic mass is 9.51. The van der Waals surface area contributed by atoms with Crippen LogP contribution < -0.4 is 4.18 Å². The minimum absolute atomic E-state index is 0.0930. The van der Waals surface area contributed by atoms with Gasteiger partial charge in [-0.25, -0.2) is 4.79 Å². The Bertz CT molecular complexity index is 1150. The number of alkyl halides is 3. The van der Waals surface area contributed by atoms with Crippen LogP contribution in [0.3, 0.4) is 0 Å². The summed E-state index contributed by atoms with van der Waals surface area (Å²) < 4.78 is 67.8. The van der Waals surface area contributed by atoms with Crippen LogP contribution in [0, 0.1) is 16.7 Å². The van der Waals surface area contributed by atoms with Gasteiger partial charge < -0.3 is 14.0 Å². The van der Waals surface area contributed by atoms with Crippen LogP contribution in [0.15, 0.2) is 12.1 Å². The van der Waals surface area contributed by atoms with Crippen LogP contribution in [0.2, 0.25) is 0 Å². The van der Waals surface area contributed by atoms with Crippen LogP contribution >= 0.6 is 0 Å². The highest BCUT2D eigenvalue weighted by atomic mass is 32.2. The minimum atomic E-state index is -5.98. The highest BCUT2D eigenvalue weighted by Gasteiger charge is 2.58. The van der Waals surface area contributed by atoms with Crippen molar-refractivity contribution in [2.24, 2.45) is 5.41 Å². The molecule has 3 aliphatic rings. The van der Waals surface area contributed by atoms with E-state index in [9.17, 15) is 31.6 Å². The quantitative estimate of drug-likeness (QED) is 0.447. The predicted molar refractivity (Wildman–Crippen MR) is 118 cm³/mol. The normalized spacial score (nSPS) is 26.4. The van der Waals surface area contributed by atoms with Gasteiger partial charge in [0.05, 0.1) is 5.56 Å². The van der Waals surface area contributed by atoms with E-state index in [1.165, 1.54) is 6.07 Å². The summed E-state index contributed by atoms with van der Waals surface area (Å²) in [7, 11) is -5.98. The summed E-state index contributed by atoms with van der Waals surface area (Å²) in [6.07, 6.45) is 3.55. The highest BCUT2D eigenvalue weighted by Crippen LogP contribution is 2.58. The Balaban J connectivity index is 1.82. The van der Waals surface area contributed by atoms with Crippen LogP contribution in [-0.4, -0.2) is 55.4 Å². The summed E-state index contributed by atoms with van der Waals surface area (Å²) in [5.41, 5.74) is -6.05. The van der Waals surface area contributed by atoms with Gasteiger partial charge in [0.25, 0.3) is 0 Å². The average Bonchev–Trinajstić information content (AvgIpc) is 2.76. The van der Waals surface area contributed by atoms with Gasteiger partial charge in [0.15, 0.2) is 5.75 Å². The number of rotatable bonds is 2. The van der Waals surface area contributed by atoms with E-state index in [-0.39, 0.29) is 23.6 Å². The monoisotopic (exact) mass is 499 g/mol. The van der Waals surface area contributed by atoms with E-state index < -0.39 is 38.2 Å². The molecule has 2 fully saturated rings. The summed E-state index contributed by atoms with van der Waals surface area (Å²) in [6.45, 7) is 7.84. The number of nitrogens with zero attached hydrogens (tertiary/aromatic N) is 3. The van der Waals surface area contributed by atoms with Gasteiger partial charge in [0.2, 0.25) is 0 Å². The first-order chi connectivity index (χ1) is 15.7. The number of hydrogen-bond donors (Lipinski definition) is 0. The van der Waals surface area contributed by atoms with Crippen LogP contribution in [-0.2, 0) is 22.0 Å². The van der Waals surface area contributed by atoms with Crippen molar-refractivity contribution < 1.29 is 30.6 Å². The molecule has 1 aromatic rings. The number of halogens is 3. The Kier molecular flexibility index (Phi) is 5.83. The van der Waals surface area contributed by atoms with Crippen molar-refractivity contribution in [3.63, 3.8) is 0 Å². The minimum Gasteiger partial charge on any atom is -0.374 e. The zero-order valence-electron chi connectivity index (χ0n) is 19.4. The first-order valence-corrected chi connectivity index (χ1v) is 12.8. The number of urea groups is 1. The topological polar surface area (TPSA) is 90.7 Å². The number of hydrogen-bond acceptors (Lipinski definition) is 5. The lowest BCUT2D eigenvalue weighted by Gasteiger charge is -2.61. The first-order valence-electron chi connectivity index (χ1n) is 11.4. The number of nitriles is 1. The molecule has 1 aromatic carbocycles. The molecule has 1 aliphatic carbocycles. The second-order valence-corrected chi connectivity index (χ2v) is 11.6. The van der Waals surface area contributed by atoms with Gasteiger partial charge in [0.1, 0.15) is 6.07 Å². The number of piperidine rings is 2. The SMILES string of the molecule is CC1(C)C2Cc3c(ccc(C#N)c3OS(=O)(=O)C(F)(F)F)[C@]1(C)CCN2C(=O)N1CCCCC1. The molecule has 2 atom stereocenters. The third-order valence-electron chi connectivity index (χ3n) is 8.21. The van der Waals surface area contributed by atoms with E-state index in [0.29, 0.717) is 31.6 Å². The van der Waals surface area contributed by atoms with Crippen LogP contribution in [0.5, 0.6) is 5.75 Å². The van der Waals surface area contributed by atoms with Crippen molar-refractivity contribution in [2.75, 3.05) is 19.6 Å². The third kappa shape index (κ3) is 3.61. The molecular weight excluding hydrogens is 471 g/mol. The molecule has 0 aromatic heterocycles. The van der Waals surface area contributed by atoms with Gasteiger partial charge in [-0.15, -0.1) is 0 Å². The van der Waals surface area contributed by atoms with Crippen molar-refractivity contribution >= 4 is 16.1 Å². The fourth-order valence-electron chi connectivity index (χ4n) is 5.80. The van der Waals surface area contributed by atoms with E-state index in [2.05, 4.69) is 4.18 Å². The lowest BCUT2D eigenvalue weighted by Crippen LogP contribution is -2.66. The molecule has 34 heavy (non-hydrogen) atoms. The lowest BCUT2D eigenvalue weighted by molar-refractivity contribution is -0.0501. The summed E-state index contributed by atoms with van der Waals surface area (Å²) in [6, 6.07) is 4.24. The van der Waals surface area contributed by atoms with E-state index in [4.69, 9.17) is 0 Å². The summed E-state index contributed by atoms with van der Waals surface area (Å²) in [4.78, 5) is 17.0. The van der Waals surface area contributed by atoms with Crippen molar-refractivity contribution in [1.82, 2.24) is 9.80 Å². The smallest absolute Gasteiger partial charge is 0.374 e. The average molecular weight is 500 g/mol. The van der Waals surface area contributed by atoms with Gasteiger partial charge in [-0.3, -0.25) is 0 Å². The fraction of sp³-hybridized carbons (Fsp3) is 0.652. The van der Waals surface area contributed by atoms with Crippen molar-refractivity contribution in [3.8, 4) is 11.8 Å². The maximum Gasteiger partial charge on any atom is 0.534 e. The number of amides is 2. The van der Waals surface area contributed by atoms with Gasteiger partial charge in [0, 0.05) is 36.7 Å². The zero-order chi connectivity index (χ0) is 25.1. The molecule has 2 amide bonds. The predicted octanol–water partition coefficient (Wildman–Crippen LogP) is 4.31. The summed E-state index contributed by atoms with van der Waals surface area (Å²) >= 11 is 0. The Hall–Kier alpha value is -2.48. The fourth-order valence-corrected chi connectivity index (χ4v) is 6.31. The number of carbonyl (C=O) groups is 1. The van der Waals surface area contributed by atoms with E-state index in [1.54, 1.807) is 17.0 Å². The third-order valence-corrected chi connectivity index (χ3v) is 9.16. The molecule has 1 unspecified atom stereocenters. The Morgan fingerprint density at radius 2 is 1.79 bits per heavy atom. The Morgan fingerprint density at radius 3 is 2.38 bits per heavy atom. The standard InChI is InChI=1S/C23H28F3N3O4S/c1-21(2)18-13-16-17(8-7-15(14-27)19(16)33-34(31,32)23(24,25)26)22(21,3)9-12-29(18)20(30)28-10-5-4-6-11-28/h7-8,18H,4-6,9-13H2,1-3H3/t18?,22-/m0/s1. The molecule has 0 saturated carbocycles. The maximum absolute atomic E-state index is 13.4. The molecule has 186 valence electrons. The molecule has 11 heteroatoms. The van der Waals surface area contributed by atoms with Crippen LogP contribution in [0.4, 0.5) is 18.0 Å². The van der Waals surface area contributed by atoms with Crippen LogP contribution in [0.1, 0.15) is 63.1 Å². The molecule has 2 aliphatic heterocycles. The molecule has 0 N–H and O–H groups in total. The molecule has 4 rings (SSSR count). The summed E-state index contributed by atoms with van der Waals surface area (Å²) in [5.74, 6) is -0.587. The number of fused-ring (bicyclic) bond motifs is 4. The van der Waals surface area contributed by atoms with Gasteiger partial charge in [-0.1, -0.05) is 26.8 Å². The molecular formula is C23H28F3N3O4S. The number of benzene rings is 1. The molecule has 2 heterocycles. The van der Waals surface area contributed by atoms with Crippen molar-refractivity contribution in [3.05, 3.63) is 28.8 Å². The Labute approximate surface area is 197 Å². The second-order valence-electron chi connectivity index (χ2n) is 10.1. The highest BCUT2D eigenvalue weighted by molar-refractivity contribution is 7.88. The molecule has 0 spiro atoms. The van der Waals surface area contributed by atoms with E-state index in [0.717, 1.165) is 19.3 Å². The molecule has 2 saturated heterocycles. The van der Waals surface area contributed by atoms with Gasteiger partial charge >= 0.3 is 21.7 Å². The van der Waals surface area contributed by atoms with Crippen molar-refractivity contribution in [1.29, 1.82) is 5.26 Å². The number of likely N-dealkylation sites (tertiary alicyclic amines) is 2. The van der Waals surface area contributed by atoms with Gasteiger partial charge in [-0.2, -0.15) is 26.9 Å². The number of carbonyl (C=O) groups excluding carboxylic acids is 1. The second kappa shape index (κ2) is 8.04. The zero-order valence-corrected chi connectivity index (χ0v) is 20.2. The van der Waals surface area contributed by atoms with E-state index >= 15 is 0 Å². The molecule has 0 radical (unpaired) electrons. The first kappa shape index (κ1) is 24.6. The van der Waals surface area contributed by atoms with Gasteiger partial charge in [-0.05, 0) is 49.1 Å². The maximum atomic E-state index is 13.4. The Morgan fingerprint density at radius 1 is 1.15 bits per heavy atom. The molecule has 7 nitrogen and oxygen atoms in total.